The predicted octanol–water partition coefficient (Wildman–Crippen LogP) is 15.9. The van der Waals surface area contributed by atoms with Crippen LogP contribution in [0.15, 0.2) is 212 Å². The first kappa shape index (κ1) is 35.7. The number of rotatable bonds is 7. The lowest BCUT2D eigenvalue weighted by Crippen LogP contribution is -2.16. The third kappa shape index (κ3) is 5.71. The number of para-hydroxylation sites is 1. The van der Waals surface area contributed by atoms with Crippen LogP contribution in [0.3, 0.4) is 0 Å². The molecule has 0 aliphatic heterocycles. The van der Waals surface area contributed by atoms with Crippen LogP contribution in [-0.4, -0.2) is 4.57 Å². The first-order chi connectivity index (χ1) is 29.5. The summed E-state index contributed by atoms with van der Waals surface area (Å²) in [5.74, 6) is 0. The Morgan fingerprint density at radius 3 is 1.68 bits per heavy atom. The maximum Gasteiger partial charge on any atom is 0.0620 e. The van der Waals surface area contributed by atoms with E-state index in [1.807, 2.05) is 0 Å². The topological polar surface area (TPSA) is 8.17 Å². The van der Waals surface area contributed by atoms with E-state index in [1.165, 1.54) is 83.0 Å². The Hall–Kier alpha value is -7.42. The molecule has 0 amide bonds. The molecule has 1 aliphatic carbocycles. The van der Waals surface area contributed by atoms with Gasteiger partial charge in [-0.1, -0.05) is 183 Å². The molecule has 0 fully saturated rings. The predicted molar refractivity (Wildman–Crippen MR) is 254 cm³/mol. The van der Waals surface area contributed by atoms with Crippen molar-refractivity contribution in [2.45, 2.75) is 26.2 Å². The molecule has 0 radical (unpaired) electrons. The molecule has 2 heteroatoms. The van der Waals surface area contributed by atoms with Crippen molar-refractivity contribution in [1.82, 2.24) is 4.57 Å². The molecule has 0 unspecified atom stereocenters. The van der Waals surface area contributed by atoms with Gasteiger partial charge in [-0.2, -0.15) is 0 Å². The molecule has 0 saturated carbocycles. The van der Waals surface area contributed by atoms with E-state index in [-0.39, 0.29) is 5.41 Å². The van der Waals surface area contributed by atoms with Crippen LogP contribution in [0.4, 0.5) is 17.1 Å². The van der Waals surface area contributed by atoms with Crippen LogP contribution in [0.25, 0.3) is 72.0 Å². The molecule has 286 valence electrons. The van der Waals surface area contributed by atoms with Crippen LogP contribution in [-0.2, 0) is 5.41 Å². The van der Waals surface area contributed by atoms with E-state index in [9.17, 15) is 0 Å². The van der Waals surface area contributed by atoms with Crippen molar-refractivity contribution >= 4 is 38.7 Å². The summed E-state index contributed by atoms with van der Waals surface area (Å²) in [4.78, 5) is 2.40. The first-order valence-electron chi connectivity index (χ1n) is 20.9. The number of hydrogen-bond donors (Lipinski definition) is 0. The average Bonchev–Trinajstić information content (AvgIpc) is 3.77. The molecule has 0 N–H and O–H groups in total. The van der Waals surface area contributed by atoms with E-state index in [4.69, 9.17) is 0 Å². The fraction of sp³-hybridized carbons (Fsp3) is 0.0690. The second-order valence-electron chi connectivity index (χ2n) is 16.6. The van der Waals surface area contributed by atoms with Gasteiger partial charge >= 0.3 is 0 Å². The third-order valence-corrected chi connectivity index (χ3v) is 12.7. The Morgan fingerprint density at radius 2 is 0.967 bits per heavy atom. The first-order valence-corrected chi connectivity index (χ1v) is 20.9. The standard InChI is InChI=1S/C58H44N2/c1-39-26-30-44(31-27-39)59(46-34-35-50-49-22-13-14-25-53(49)58(2,3)54(50)38-46)45-32-28-40(29-33-45)47-23-15-24-51-48(47)36-37-52-55(41-16-7-4-8-17-41)56(42-18-9-5-10-19-42)60(57(51)52)43-20-11-6-12-21-43/h4-38H,1-3H3. The number of aromatic nitrogens is 1. The number of aryl methyl sites for hydroxylation is 1. The highest BCUT2D eigenvalue weighted by atomic mass is 15.1. The van der Waals surface area contributed by atoms with Crippen molar-refractivity contribution in [3.05, 3.63) is 229 Å². The Bertz CT molecular complexity index is 3190. The Morgan fingerprint density at radius 1 is 0.400 bits per heavy atom. The smallest absolute Gasteiger partial charge is 0.0620 e. The van der Waals surface area contributed by atoms with Gasteiger partial charge in [-0.25, -0.2) is 0 Å². The molecule has 1 aliphatic rings. The van der Waals surface area contributed by atoms with E-state index in [1.54, 1.807) is 0 Å². The van der Waals surface area contributed by atoms with Gasteiger partial charge in [0.15, 0.2) is 0 Å². The highest BCUT2D eigenvalue weighted by molar-refractivity contribution is 6.18. The summed E-state index contributed by atoms with van der Waals surface area (Å²) < 4.78 is 2.48. The summed E-state index contributed by atoms with van der Waals surface area (Å²) in [7, 11) is 0. The van der Waals surface area contributed by atoms with E-state index in [0.29, 0.717) is 0 Å². The SMILES string of the molecule is Cc1ccc(N(c2ccc(-c3cccc4c3ccc3c(-c5ccccc5)c(-c5ccccc5)n(-c5ccccc5)c34)cc2)c2ccc3c(c2)C(C)(C)c2ccccc2-3)cc1. The molecule has 11 rings (SSSR count). The largest absolute Gasteiger partial charge is 0.310 e. The fourth-order valence-electron chi connectivity index (χ4n) is 9.75. The quantitative estimate of drug-likeness (QED) is 0.157. The van der Waals surface area contributed by atoms with Crippen LogP contribution in [0, 0.1) is 6.92 Å². The van der Waals surface area contributed by atoms with Gasteiger partial charge in [0.1, 0.15) is 0 Å². The van der Waals surface area contributed by atoms with Gasteiger partial charge < -0.3 is 9.47 Å². The molecule has 0 atom stereocenters. The number of anilines is 3. The summed E-state index contributed by atoms with van der Waals surface area (Å²) in [6.07, 6.45) is 0. The summed E-state index contributed by atoms with van der Waals surface area (Å²) in [6.45, 7) is 6.86. The third-order valence-electron chi connectivity index (χ3n) is 12.7. The van der Waals surface area contributed by atoms with E-state index < -0.39 is 0 Å². The Balaban J connectivity index is 1.08. The van der Waals surface area contributed by atoms with Crippen molar-refractivity contribution in [1.29, 1.82) is 0 Å². The molecular formula is C58H44N2. The van der Waals surface area contributed by atoms with Crippen molar-refractivity contribution in [2.24, 2.45) is 0 Å². The summed E-state index contributed by atoms with van der Waals surface area (Å²) in [5.41, 5.74) is 19.6. The number of hydrogen-bond acceptors (Lipinski definition) is 1. The van der Waals surface area contributed by atoms with Crippen LogP contribution < -0.4 is 4.90 Å². The summed E-state index contributed by atoms with van der Waals surface area (Å²) >= 11 is 0. The van der Waals surface area contributed by atoms with Gasteiger partial charge in [0, 0.05) is 44.5 Å². The second kappa shape index (κ2) is 14.1. The van der Waals surface area contributed by atoms with Crippen LogP contribution in [0.1, 0.15) is 30.5 Å². The zero-order valence-electron chi connectivity index (χ0n) is 34.1. The monoisotopic (exact) mass is 768 g/mol. The lowest BCUT2D eigenvalue weighted by molar-refractivity contribution is 0.660. The lowest BCUT2D eigenvalue weighted by Gasteiger charge is -2.28. The van der Waals surface area contributed by atoms with E-state index in [2.05, 4.69) is 243 Å². The molecule has 0 spiro atoms. The molecule has 0 bridgehead atoms. The minimum absolute atomic E-state index is 0.0887. The number of benzene rings is 9. The number of fused-ring (bicyclic) bond motifs is 6. The van der Waals surface area contributed by atoms with Gasteiger partial charge in [0.2, 0.25) is 0 Å². The molecule has 0 saturated heterocycles. The van der Waals surface area contributed by atoms with Crippen LogP contribution in [0.2, 0.25) is 0 Å². The zero-order valence-corrected chi connectivity index (χ0v) is 34.1. The summed E-state index contributed by atoms with van der Waals surface area (Å²) in [5, 5.41) is 3.68. The highest BCUT2D eigenvalue weighted by Gasteiger charge is 2.35. The molecule has 60 heavy (non-hydrogen) atoms. The molecule has 9 aromatic carbocycles. The van der Waals surface area contributed by atoms with Crippen molar-refractivity contribution < 1.29 is 0 Å². The van der Waals surface area contributed by atoms with Gasteiger partial charge in [0.05, 0.1) is 11.2 Å². The van der Waals surface area contributed by atoms with Crippen molar-refractivity contribution in [3.63, 3.8) is 0 Å². The number of nitrogens with zero attached hydrogens (tertiary/aromatic N) is 2. The van der Waals surface area contributed by atoms with Gasteiger partial charge in [-0.05, 0) is 105 Å². The highest BCUT2D eigenvalue weighted by Crippen LogP contribution is 2.51. The maximum atomic E-state index is 2.48. The molecule has 1 heterocycles. The van der Waals surface area contributed by atoms with Crippen molar-refractivity contribution in [2.75, 3.05) is 4.90 Å². The Kier molecular flexibility index (Phi) is 8.42. The van der Waals surface area contributed by atoms with Gasteiger partial charge in [-0.15, -0.1) is 0 Å². The molecule has 2 nitrogen and oxygen atoms in total. The van der Waals surface area contributed by atoms with Gasteiger partial charge in [0.25, 0.3) is 0 Å². The minimum Gasteiger partial charge on any atom is -0.310 e. The molecular weight excluding hydrogens is 725 g/mol. The molecule has 10 aromatic rings. The zero-order chi connectivity index (χ0) is 40.4. The van der Waals surface area contributed by atoms with Crippen LogP contribution in [0.5, 0.6) is 0 Å². The van der Waals surface area contributed by atoms with Crippen molar-refractivity contribution in [3.8, 4) is 50.3 Å². The normalized spacial score (nSPS) is 12.7. The van der Waals surface area contributed by atoms with Crippen LogP contribution >= 0.6 is 0 Å². The van der Waals surface area contributed by atoms with Gasteiger partial charge in [-0.3, -0.25) is 0 Å². The average molecular weight is 769 g/mol. The second-order valence-corrected chi connectivity index (χ2v) is 16.6. The summed E-state index contributed by atoms with van der Waals surface area (Å²) in [6, 6.07) is 77.9. The maximum absolute atomic E-state index is 2.48. The minimum atomic E-state index is -0.0887. The fourth-order valence-corrected chi connectivity index (χ4v) is 9.75. The Labute approximate surface area is 352 Å². The van der Waals surface area contributed by atoms with E-state index in [0.717, 1.165) is 22.7 Å². The van der Waals surface area contributed by atoms with E-state index >= 15 is 0 Å². The lowest BCUT2D eigenvalue weighted by atomic mass is 9.82. The molecule has 1 aromatic heterocycles.